The topological polar surface area (TPSA) is 116 Å². The fourth-order valence-corrected chi connectivity index (χ4v) is 7.20. The predicted molar refractivity (Wildman–Crippen MR) is 199 cm³/mol. The largest absolute Gasteiger partial charge is 0.486 e. The van der Waals surface area contributed by atoms with Crippen molar-refractivity contribution in [3.63, 3.8) is 0 Å². The van der Waals surface area contributed by atoms with Gasteiger partial charge in [0.15, 0.2) is 23.2 Å². The van der Waals surface area contributed by atoms with Crippen molar-refractivity contribution < 1.29 is 28.9 Å². The molecule has 0 saturated carbocycles. The fraction of sp³-hybridized carbons (Fsp3) is 0.282. The lowest BCUT2D eigenvalue weighted by Crippen LogP contribution is -2.31. The Balaban J connectivity index is 0.000000195. The molecule has 0 aliphatic rings. The lowest BCUT2D eigenvalue weighted by Gasteiger charge is -2.24. The van der Waals surface area contributed by atoms with Gasteiger partial charge in [-0.1, -0.05) is 38.1 Å². The van der Waals surface area contributed by atoms with Crippen LogP contribution >= 0.6 is 22.7 Å². The van der Waals surface area contributed by atoms with E-state index in [1.54, 1.807) is 60.8 Å². The number of aliphatic hydroxyl groups excluding tert-OH is 1. The van der Waals surface area contributed by atoms with E-state index in [0.717, 1.165) is 24.2 Å². The van der Waals surface area contributed by atoms with E-state index in [2.05, 4.69) is 0 Å². The van der Waals surface area contributed by atoms with Crippen molar-refractivity contribution in [2.75, 3.05) is 19.8 Å². The van der Waals surface area contributed by atoms with Gasteiger partial charge in [-0.2, -0.15) is 0 Å². The molecule has 6 aromatic rings. The zero-order valence-corrected chi connectivity index (χ0v) is 29.5. The fourth-order valence-electron chi connectivity index (χ4n) is 5.10. The molecule has 0 amide bonds. The second kappa shape index (κ2) is 15.7. The molecular formula is C39H38O8S2. The Hall–Kier alpha value is -4.64. The summed E-state index contributed by atoms with van der Waals surface area (Å²) in [6, 6.07) is 25.7. The summed E-state index contributed by atoms with van der Waals surface area (Å²) in [6.07, 6.45) is 1.13. The van der Waals surface area contributed by atoms with Crippen LogP contribution in [-0.2, 0) is 14.3 Å². The summed E-state index contributed by atoms with van der Waals surface area (Å²) in [5, 5.41) is 11.5. The third-order valence-corrected chi connectivity index (χ3v) is 10.1. The number of ether oxygens (including phenoxy) is 3. The van der Waals surface area contributed by atoms with Crippen LogP contribution in [0.15, 0.2) is 94.5 Å². The van der Waals surface area contributed by atoms with Gasteiger partial charge in [0.2, 0.25) is 0 Å². The van der Waals surface area contributed by atoms with E-state index in [0.29, 0.717) is 40.5 Å². The number of benzene rings is 4. The number of hydrogen-bond donors (Lipinski definition) is 1. The number of aliphatic hydroxyl groups is 1. The smallest absolute Gasteiger partial charge is 0.344 e. The molecule has 6 rings (SSSR count). The van der Waals surface area contributed by atoms with Gasteiger partial charge in [-0.25, -0.2) is 4.79 Å². The normalized spacial score (nSPS) is 11.5. The maximum atomic E-state index is 12.7. The first-order valence-corrected chi connectivity index (χ1v) is 17.6. The number of Topliss-reactive ketones (excluding diaryl/α,β-unsaturated/α-hetero) is 1. The van der Waals surface area contributed by atoms with E-state index in [4.69, 9.17) is 19.3 Å². The van der Waals surface area contributed by atoms with Gasteiger partial charge in [-0.05, 0) is 87.4 Å². The van der Waals surface area contributed by atoms with Crippen molar-refractivity contribution in [3.8, 4) is 11.5 Å². The first-order valence-electron chi connectivity index (χ1n) is 16.0. The number of carbonyl (C=O) groups is 2. The zero-order chi connectivity index (χ0) is 35.1. The number of carbonyl (C=O) groups excluding carboxylic acids is 2. The number of esters is 1. The number of ketones is 1. The highest BCUT2D eigenvalue weighted by Crippen LogP contribution is 2.29. The Kier molecular flexibility index (Phi) is 11.4. The van der Waals surface area contributed by atoms with E-state index in [-0.39, 0.29) is 42.4 Å². The van der Waals surface area contributed by atoms with Gasteiger partial charge >= 0.3 is 5.97 Å². The van der Waals surface area contributed by atoms with Crippen LogP contribution in [0.3, 0.4) is 0 Å². The molecule has 10 heteroatoms. The SMILES string of the molecule is CC(C)(CCCO)OC(=O)COc1ccc2sc3ccccc3c(=O)c2c1.CC(C)C(=O)COc1ccc2sc3ccccc3c(=O)c2c1. The summed E-state index contributed by atoms with van der Waals surface area (Å²) in [4.78, 5) is 48.9. The summed E-state index contributed by atoms with van der Waals surface area (Å²) in [7, 11) is 0. The highest BCUT2D eigenvalue weighted by Gasteiger charge is 2.22. The lowest BCUT2D eigenvalue weighted by molar-refractivity contribution is -0.159. The van der Waals surface area contributed by atoms with Crippen LogP contribution in [0.5, 0.6) is 11.5 Å². The Morgan fingerprint density at radius 3 is 1.65 bits per heavy atom. The van der Waals surface area contributed by atoms with Gasteiger partial charge in [0, 0.05) is 52.9 Å². The van der Waals surface area contributed by atoms with Crippen LogP contribution in [-0.4, -0.2) is 42.3 Å². The van der Waals surface area contributed by atoms with E-state index in [1.165, 1.54) is 0 Å². The van der Waals surface area contributed by atoms with Gasteiger partial charge in [-0.3, -0.25) is 14.4 Å². The van der Waals surface area contributed by atoms with Crippen LogP contribution in [0.2, 0.25) is 0 Å². The van der Waals surface area contributed by atoms with Crippen LogP contribution < -0.4 is 20.3 Å². The predicted octanol–water partition coefficient (Wildman–Crippen LogP) is 7.91. The highest BCUT2D eigenvalue weighted by molar-refractivity contribution is 7.24. The Labute approximate surface area is 291 Å². The van der Waals surface area contributed by atoms with Crippen molar-refractivity contribution in [2.24, 2.45) is 5.92 Å². The molecule has 254 valence electrons. The number of fused-ring (bicyclic) bond motifs is 4. The maximum Gasteiger partial charge on any atom is 0.344 e. The Morgan fingerprint density at radius 2 is 1.16 bits per heavy atom. The molecular weight excluding hydrogens is 661 g/mol. The third-order valence-electron chi connectivity index (χ3n) is 7.80. The van der Waals surface area contributed by atoms with Crippen molar-refractivity contribution in [1.29, 1.82) is 0 Å². The average Bonchev–Trinajstić information content (AvgIpc) is 3.09. The summed E-state index contributed by atoms with van der Waals surface area (Å²) >= 11 is 3.13. The van der Waals surface area contributed by atoms with Gasteiger partial charge in [0.25, 0.3) is 0 Å². The molecule has 1 N–H and O–H groups in total. The van der Waals surface area contributed by atoms with Gasteiger partial charge in [-0.15, -0.1) is 22.7 Å². The highest BCUT2D eigenvalue weighted by atomic mass is 32.1. The summed E-state index contributed by atoms with van der Waals surface area (Å²) in [5.74, 6) is 0.514. The van der Waals surface area contributed by atoms with Gasteiger partial charge < -0.3 is 19.3 Å². The molecule has 0 unspecified atom stereocenters. The average molecular weight is 699 g/mol. The monoisotopic (exact) mass is 698 g/mol. The van der Waals surface area contributed by atoms with Crippen molar-refractivity contribution in [2.45, 2.75) is 46.1 Å². The lowest BCUT2D eigenvalue weighted by atomic mass is 10.0. The minimum atomic E-state index is -0.657. The quantitative estimate of drug-likeness (QED) is 0.107. The first-order chi connectivity index (χ1) is 23.5. The van der Waals surface area contributed by atoms with E-state index in [1.807, 2.05) is 74.5 Å². The molecule has 0 aliphatic carbocycles. The van der Waals surface area contributed by atoms with Crippen molar-refractivity contribution >= 4 is 74.8 Å². The molecule has 0 fully saturated rings. The molecule has 8 nitrogen and oxygen atoms in total. The Morgan fingerprint density at radius 1 is 0.694 bits per heavy atom. The maximum absolute atomic E-state index is 12.7. The third kappa shape index (κ3) is 8.89. The molecule has 4 aromatic carbocycles. The molecule has 0 atom stereocenters. The molecule has 0 spiro atoms. The Bertz CT molecular complexity index is 2250. The standard InChI is InChI=1S/C21H22O5S.C18H16O3S/c1-21(2,10-5-11-22)26-19(23)13-25-14-8-9-18-16(12-14)20(24)15-6-3-4-7-17(15)27-18;1-11(2)15(19)10-21-12-7-8-17-14(9-12)18(20)13-5-3-4-6-16(13)22-17/h3-4,6-9,12,22H,5,10-11,13H2,1-2H3;3-9,11H,10H2,1-2H3. The van der Waals surface area contributed by atoms with Gasteiger partial charge in [0.1, 0.15) is 23.7 Å². The van der Waals surface area contributed by atoms with Gasteiger partial charge in [0.05, 0.1) is 0 Å². The van der Waals surface area contributed by atoms with Crippen LogP contribution in [0.25, 0.3) is 40.3 Å². The number of hydrogen-bond acceptors (Lipinski definition) is 10. The molecule has 0 aliphatic heterocycles. The second-order valence-electron chi connectivity index (χ2n) is 12.4. The molecule has 0 radical (unpaired) electrons. The molecule has 0 bridgehead atoms. The second-order valence-corrected chi connectivity index (χ2v) is 14.6. The number of rotatable bonds is 11. The van der Waals surface area contributed by atoms with Crippen LogP contribution in [0.4, 0.5) is 0 Å². The van der Waals surface area contributed by atoms with E-state index < -0.39 is 11.6 Å². The molecule has 49 heavy (non-hydrogen) atoms. The summed E-state index contributed by atoms with van der Waals surface area (Å²) in [5.41, 5.74) is -0.697. The molecule has 2 heterocycles. The first kappa shape index (κ1) is 35.7. The van der Waals surface area contributed by atoms with E-state index in [9.17, 15) is 19.2 Å². The van der Waals surface area contributed by atoms with Crippen LogP contribution in [0.1, 0.15) is 40.5 Å². The van der Waals surface area contributed by atoms with E-state index >= 15 is 0 Å². The minimum absolute atomic E-state index is 0.00462. The molecule has 0 saturated heterocycles. The van der Waals surface area contributed by atoms with Crippen molar-refractivity contribution in [3.05, 3.63) is 105 Å². The molecule has 2 aromatic heterocycles. The minimum Gasteiger partial charge on any atom is -0.486 e. The zero-order valence-electron chi connectivity index (χ0n) is 27.8. The summed E-state index contributed by atoms with van der Waals surface area (Å²) < 4.78 is 20.2. The van der Waals surface area contributed by atoms with Crippen molar-refractivity contribution in [1.82, 2.24) is 0 Å². The van der Waals surface area contributed by atoms with Crippen LogP contribution in [0, 0.1) is 5.92 Å². The summed E-state index contributed by atoms with van der Waals surface area (Å²) in [6.45, 7) is 7.14.